The Morgan fingerprint density at radius 1 is 1.26 bits per heavy atom. The van der Waals surface area contributed by atoms with E-state index in [2.05, 4.69) is 5.32 Å². The molecule has 1 fully saturated rings. The van der Waals surface area contributed by atoms with Gasteiger partial charge >= 0.3 is 5.97 Å². The third-order valence-electron chi connectivity index (χ3n) is 3.82. The van der Waals surface area contributed by atoms with Gasteiger partial charge in [-0.2, -0.15) is 0 Å². The van der Waals surface area contributed by atoms with E-state index in [4.69, 9.17) is 10.5 Å². The molecule has 0 heterocycles. The van der Waals surface area contributed by atoms with Crippen molar-refractivity contribution in [2.45, 2.75) is 38.1 Å². The number of nitrogens with one attached hydrogen (secondary N) is 1. The molecule has 0 atom stereocenters. The second-order valence-corrected chi connectivity index (χ2v) is 5.52. The van der Waals surface area contributed by atoms with Gasteiger partial charge in [-0.05, 0) is 43.5 Å². The minimum Gasteiger partial charge on any atom is -0.463 e. The van der Waals surface area contributed by atoms with Gasteiger partial charge in [0.05, 0.1) is 12.1 Å². The quantitative estimate of drug-likeness (QED) is 0.639. The number of nitrogens with two attached hydrogens (primary N) is 1. The molecule has 1 saturated carbocycles. The number of rotatable bonds is 5. The van der Waals surface area contributed by atoms with Crippen LogP contribution in [0.15, 0.2) is 30.3 Å². The first-order valence-corrected chi connectivity index (χ1v) is 7.59. The molecular weight excluding hydrogens is 316 g/mol. The van der Waals surface area contributed by atoms with Gasteiger partial charge in [-0.1, -0.05) is 25.0 Å². The average molecular weight is 339 g/mol. The number of amides is 1. The van der Waals surface area contributed by atoms with Crippen molar-refractivity contribution < 1.29 is 14.3 Å². The first-order valence-electron chi connectivity index (χ1n) is 7.59. The number of hydrogen-bond acceptors (Lipinski definition) is 4. The van der Waals surface area contributed by atoms with E-state index in [1.165, 1.54) is 6.08 Å². The van der Waals surface area contributed by atoms with Crippen molar-refractivity contribution in [2.75, 3.05) is 11.9 Å². The third-order valence-corrected chi connectivity index (χ3v) is 3.82. The first-order chi connectivity index (χ1) is 10.5. The molecule has 5 nitrogen and oxygen atoms in total. The van der Waals surface area contributed by atoms with Crippen LogP contribution in [-0.4, -0.2) is 24.0 Å². The average Bonchev–Trinajstić information content (AvgIpc) is 2.95. The number of ether oxygens (including phenoxy) is 1. The Morgan fingerprint density at radius 3 is 2.43 bits per heavy atom. The monoisotopic (exact) mass is 338 g/mol. The van der Waals surface area contributed by atoms with Gasteiger partial charge in [0.15, 0.2) is 0 Å². The summed E-state index contributed by atoms with van der Waals surface area (Å²) in [6.07, 6.45) is 6.52. The molecule has 2 rings (SSSR count). The van der Waals surface area contributed by atoms with Gasteiger partial charge < -0.3 is 15.8 Å². The molecule has 0 aromatic heterocycles. The largest absolute Gasteiger partial charge is 0.463 e. The highest BCUT2D eigenvalue weighted by atomic mass is 35.5. The van der Waals surface area contributed by atoms with Crippen LogP contribution in [-0.2, 0) is 14.3 Å². The summed E-state index contributed by atoms with van der Waals surface area (Å²) in [6, 6.07) is 7.23. The molecule has 1 aromatic carbocycles. The first kappa shape index (κ1) is 19.2. The number of hydrogen-bond donors (Lipinski definition) is 2. The van der Waals surface area contributed by atoms with Crippen LogP contribution < -0.4 is 11.1 Å². The lowest BCUT2D eigenvalue weighted by molar-refractivity contribution is -0.137. The molecule has 0 saturated heterocycles. The van der Waals surface area contributed by atoms with E-state index in [0.29, 0.717) is 12.3 Å². The number of benzene rings is 1. The molecule has 0 radical (unpaired) electrons. The molecular formula is C17H23ClN2O3. The van der Waals surface area contributed by atoms with Crippen LogP contribution in [0.3, 0.4) is 0 Å². The maximum absolute atomic E-state index is 12.2. The molecule has 6 heteroatoms. The fourth-order valence-electron chi connectivity index (χ4n) is 2.52. The number of carbonyl (C=O) groups excluding carboxylic acids is 2. The van der Waals surface area contributed by atoms with Crippen LogP contribution in [0.4, 0.5) is 5.69 Å². The van der Waals surface area contributed by atoms with Gasteiger partial charge in [0, 0.05) is 11.8 Å². The fourth-order valence-corrected chi connectivity index (χ4v) is 2.52. The topological polar surface area (TPSA) is 81.4 Å². The van der Waals surface area contributed by atoms with Crippen molar-refractivity contribution in [3.63, 3.8) is 0 Å². The highest BCUT2D eigenvalue weighted by molar-refractivity contribution is 5.98. The van der Waals surface area contributed by atoms with E-state index in [1.807, 2.05) is 12.1 Å². The summed E-state index contributed by atoms with van der Waals surface area (Å²) in [5, 5.41) is 2.86. The number of anilines is 1. The molecule has 3 N–H and O–H groups in total. The second kappa shape index (κ2) is 8.70. The second-order valence-electron chi connectivity index (χ2n) is 5.52. The molecule has 1 amide bonds. The maximum atomic E-state index is 12.2. The molecule has 0 spiro atoms. The highest BCUT2D eigenvalue weighted by Gasteiger charge is 2.36. The van der Waals surface area contributed by atoms with Crippen LogP contribution in [0, 0.1) is 0 Å². The van der Waals surface area contributed by atoms with Gasteiger partial charge in [-0.25, -0.2) is 4.79 Å². The van der Waals surface area contributed by atoms with E-state index >= 15 is 0 Å². The fraction of sp³-hybridized carbons (Fsp3) is 0.412. The zero-order valence-electron chi connectivity index (χ0n) is 13.2. The van der Waals surface area contributed by atoms with Gasteiger partial charge in [0.1, 0.15) is 0 Å². The summed E-state index contributed by atoms with van der Waals surface area (Å²) in [5.41, 5.74) is 6.94. The summed E-state index contributed by atoms with van der Waals surface area (Å²) in [6.45, 7) is 2.12. The lowest BCUT2D eigenvalue weighted by Gasteiger charge is -2.22. The summed E-state index contributed by atoms with van der Waals surface area (Å²) >= 11 is 0. The molecule has 1 aliphatic rings. The highest BCUT2D eigenvalue weighted by Crippen LogP contribution is 2.28. The smallest absolute Gasteiger partial charge is 0.330 e. The van der Waals surface area contributed by atoms with Crippen molar-refractivity contribution in [1.82, 2.24) is 0 Å². The van der Waals surface area contributed by atoms with E-state index in [0.717, 1.165) is 31.2 Å². The van der Waals surface area contributed by atoms with Crippen molar-refractivity contribution in [3.8, 4) is 0 Å². The van der Waals surface area contributed by atoms with Crippen LogP contribution >= 0.6 is 12.4 Å². The van der Waals surface area contributed by atoms with Crippen LogP contribution in [0.1, 0.15) is 38.2 Å². The van der Waals surface area contributed by atoms with Crippen LogP contribution in [0.25, 0.3) is 6.08 Å². The number of esters is 1. The molecule has 0 unspecified atom stereocenters. The molecule has 0 aliphatic heterocycles. The Balaban J connectivity index is 0.00000264. The number of halogens is 1. The maximum Gasteiger partial charge on any atom is 0.330 e. The molecule has 1 aliphatic carbocycles. The lowest BCUT2D eigenvalue weighted by atomic mass is 9.98. The minimum absolute atomic E-state index is 0. The number of carbonyl (C=O) groups is 2. The van der Waals surface area contributed by atoms with Crippen molar-refractivity contribution in [1.29, 1.82) is 0 Å². The van der Waals surface area contributed by atoms with Crippen molar-refractivity contribution in [2.24, 2.45) is 5.73 Å². The van der Waals surface area contributed by atoms with Crippen LogP contribution in [0.5, 0.6) is 0 Å². The Bertz CT molecular complexity index is 564. The lowest BCUT2D eigenvalue weighted by Crippen LogP contribution is -2.48. The normalized spacial score (nSPS) is 15.9. The Kier molecular flexibility index (Phi) is 7.26. The van der Waals surface area contributed by atoms with Gasteiger partial charge in [0.25, 0.3) is 0 Å². The predicted molar refractivity (Wildman–Crippen MR) is 93.4 cm³/mol. The van der Waals surface area contributed by atoms with E-state index < -0.39 is 5.54 Å². The summed E-state index contributed by atoms with van der Waals surface area (Å²) in [5.74, 6) is -0.494. The predicted octanol–water partition coefficient (Wildman–Crippen LogP) is 2.89. The van der Waals surface area contributed by atoms with Gasteiger partial charge in [-0.3, -0.25) is 4.79 Å². The molecule has 1 aromatic rings. The van der Waals surface area contributed by atoms with E-state index in [1.54, 1.807) is 25.1 Å². The van der Waals surface area contributed by atoms with Crippen molar-refractivity contribution >= 4 is 36.0 Å². The zero-order valence-corrected chi connectivity index (χ0v) is 14.0. The van der Waals surface area contributed by atoms with Gasteiger partial charge in [0.2, 0.25) is 5.91 Å². The SMILES string of the molecule is CCOC(=O)/C=C/c1ccc(NC(=O)C2(N)CCCC2)cc1.Cl. The van der Waals surface area contributed by atoms with E-state index in [9.17, 15) is 9.59 Å². The molecule has 23 heavy (non-hydrogen) atoms. The Hall–Kier alpha value is -1.85. The van der Waals surface area contributed by atoms with Crippen molar-refractivity contribution in [3.05, 3.63) is 35.9 Å². The standard InChI is InChI=1S/C17H22N2O3.ClH/c1-2-22-15(20)10-7-13-5-8-14(9-6-13)19-16(21)17(18)11-3-4-12-17;/h5-10H,2-4,11-12,18H2,1H3,(H,19,21);1H/b10-7+;. The Morgan fingerprint density at radius 2 is 1.87 bits per heavy atom. The minimum atomic E-state index is -0.734. The zero-order chi connectivity index (χ0) is 16.0. The van der Waals surface area contributed by atoms with Crippen LogP contribution in [0.2, 0.25) is 0 Å². The van der Waals surface area contributed by atoms with Gasteiger partial charge in [-0.15, -0.1) is 12.4 Å². The Labute approximate surface area is 142 Å². The summed E-state index contributed by atoms with van der Waals surface area (Å²) in [7, 11) is 0. The summed E-state index contributed by atoms with van der Waals surface area (Å²) < 4.78 is 4.81. The summed E-state index contributed by atoms with van der Waals surface area (Å²) in [4.78, 5) is 23.4. The van der Waals surface area contributed by atoms with E-state index in [-0.39, 0.29) is 24.3 Å². The molecule has 126 valence electrons. The molecule has 0 bridgehead atoms. The third kappa shape index (κ3) is 5.37.